The van der Waals surface area contributed by atoms with Crippen molar-refractivity contribution in [2.45, 2.75) is 43.4 Å². The summed E-state index contributed by atoms with van der Waals surface area (Å²) in [7, 11) is -17.4. The molecule has 0 bridgehead atoms. The molecule has 31 heteroatoms. The molecule has 0 unspecified atom stereocenters. The third-order valence-electron chi connectivity index (χ3n) is 12.9. The summed E-state index contributed by atoms with van der Waals surface area (Å²) >= 11 is 6.18. The first-order valence-corrected chi connectivity index (χ1v) is 36.5. The third kappa shape index (κ3) is 47.9. The van der Waals surface area contributed by atoms with Crippen molar-refractivity contribution in [2.24, 2.45) is 20.5 Å². The molecule has 0 spiro atoms. The number of anilines is 2. The zero-order valence-corrected chi connectivity index (χ0v) is 62.1. The normalized spacial score (nSPS) is 13.8. The predicted molar refractivity (Wildman–Crippen MR) is 379 cm³/mol. The average molecular weight is 1640 g/mol. The van der Waals surface area contributed by atoms with Crippen LogP contribution in [0.3, 0.4) is 0 Å². The van der Waals surface area contributed by atoms with E-state index in [0.29, 0.717) is 37.4 Å². The van der Waals surface area contributed by atoms with Crippen LogP contribution in [0.25, 0.3) is 0 Å². The molecule has 10 rings (SSSR count). The molecule has 1 saturated carbocycles. The topological polar surface area (TPSA) is 139 Å². The van der Waals surface area contributed by atoms with E-state index in [-0.39, 0.29) is 63.1 Å². The van der Waals surface area contributed by atoms with Gasteiger partial charge in [-0.25, -0.2) is 12.1 Å². The number of ether oxygens (including phenoxy) is 4. The Morgan fingerprint density at radius 1 is 0.437 bits per heavy atom. The van der Waals surface area contributed by atoms with Crippen LogP contribution in [0.4, 0.5) is 84.5 Å². The zero-order valence-electron chi connectivity index (χ0n) is 55.3. The molecule has 0 N–H and O–H groups in total. The summed E-state index contributed by atoms with van der Waals surface area (Å²) in [5.41, 5.74) is 6.14. The van der Waals surface area contributed by atoms with Gasteiger partial charge in [-0.05, 0) is 169 Å². The van der Waals surface area contributed by atoms with Gasteiger partial charge in [-0.15, -0.1) is 11.8 Å². The monoisotopic (exact) mass is 1640 g/mol. The van der Waals surface area contributed by atoms with Gasteiger partial charge < -0.3 is 45.4 Å². The minimum Gasteiger partial charge on any atom is -0.326 e. The van der Waals surface area contributed by atoms with Crippen molar-refractivity contribution >= 4 is 74.1 Å². The van der Waals surface area contributed by atoms with Crippen molar-refractivity contribution < 1.29 is 131 Å². The Balaban J connectivity index is 0.000000523. The molecule has 3 aliphatic carbocycles. The third-order valence-corrected chi connectivity index (χ3v) is 14.3. The van der Waals surface area contributed by atoms with Crippen LogP contribution in [0, 0.1) is 32.1 Å². The Morgan fingerprint density at radius 3 is 1.08 bits per heavy atom. The number of thioether (sulfide) groups is 1. The van der Waals surface area contributed by atoms with E-state index >= 15 is 0 Å². The number of thiol groups is 1. The van der Waals surface area contributed by atoms with Gasteiger partial charge in [0.2, 0.25) is 0 Å². The summed E-state index contributed by atoms with van der Waals surface area (Å²) in [5, 5.41) is 41.2. The number of unbranched alkanes of at least 4 members (excludes halogenated alkanes) is 5. The molecule has 0 heterocycles. The first-order valence-electron chi connectivity index (χ1n) is 30.8. The first kappa shape index (κ1) is 92.1. The second-order valence-electron chi connectivity index (χ2n) is 21.4. The fourth-order valence-corrected chi connectivity index (χ4v) is 9.19. The molecule has 3 aliphatic rings. The summed E-state index contributed by atoms with van der Waals surface area (Å²) in [4.78, 5) is 5.32. The van der Waals surface area contributed by atoms with E-state index in [1.807, 2.05) is 262 Å². The van der Waals surface area contributed by atoms with Crippen LogP contribution in [-0.4, -0.2) is 51.9 Å². The minimum atomic E-state index is -10.7. The number of likely N-dealkylation sites (N-methyl/N-ethyl adjacent to an activating group) is 2. The number of halogens is 12. The molecule has 0 aromatic heterocycles. The second-order valence-corrected chi connectivity index (χ2v) is 26.9. The minimum absolute atomic E-state index is 0. The maximum Gasteiger partial charge on any atom is 2.00 e. The van der Waals surface area contributed by atoms with E-state index < -0.39 is 15.6 Å². The van der Waals surface area contributed by atoms with Gasteiger partial charge in [0.1, 0.15) is 23.0 Å². The van der Waals surface area contributed by atoms with Gasteiger partial charge >= 0.3 is 117 Å². The number of nitrogens with zero attached hydrogens (tertiary/aromatic N) is 6. The maximum absolute atomic E-state index is 12.0. The van der Waals surface area contributed by atoms with Gasteiger partial charge in [-0.3, -0.25) is 0 Å². The fraction of sp³-hybridized carbons (Fsp3) is 0.194. The standard InChI is InChI=1S/C35H41N3O3S2.C27H25N3O3.2C5H5.2F6P.3Fe/c1-38(24-25-40-35(39)28-10-6-7-11-28)31-16-12-29(13-17-31)36-37-30-14-18-32(19-15-30)41-33-20-22-34(23-21-33)43-27-9-5-3-2-4-8-26-42;1-30(19-20-32-27(31)21-7-5-6-8-21)24-15-11-22(12-16-24)28-29-23-13-17-26(18-14-23)33-25-9-3-2-4-10-25;2*1-2-4-5-3-1;2*1-7(2,3,4,5)6;;;/h6-7,10-23,39,42H,2-5,8-9,24-27H2,1H3;2-18,31H,19-20H2,1H3;2*1-5H;;;;;/q;;4*-1;3*+2/p-2. The fourth-order valence-electron chi connectivity index (χ4n) is 8.05. The molecule has 12 nitrogen and oxygen atoms in total. The number of hydrogen-bond donors (Lipinski definition) is 1. The smallest absolute Gasteiger partial charge is 0.326 e. The van der Waals surface area contributed by atoms with Gasteiger partial charge in [0.15, 0.2) is 0 Å². The number of hydrogen-bond acceptors (Lipinski definition) is 14. The van der Waals surface area contributed by atoms with Crippen molar-refractivity contribution in [1.82, 2.24) is 0 Å². The Bertz CT molecular complexity index is 3690. The van der Waals surface area contributed by atoms with E-state index in [1.54, 1.807) is 24.3 Å². The van der Waals surface area contributed by atoms with E-state index in [2.05, 4.69) is 45.2 Å². The largest absolute Gasteiger partial charge is 2.00 e. The zero-order chi connectivity index (χ0) is 72.9. The van der Waals surface area contributed by atoms with E-state index in [1.165, 1.54) is 43.4 Å². The number of benzene rings is 6. The van der Waals surface area contributed by atoms with Gasteiger partial charge in [0.25, 0.3) is 0 Å². The molecule has 103 heavy (non-hydrogen) atoms. The Labute approximate surface area is 634 Å². The van der Waals surface area contributed by atoms with Crippen LogP contribution in [0.15, 0.2) is 279 Å². The molecule has 7 aromatic rings. The summed E-state index contributed by atoms with van der Waals surface area (Å²) in [6, 6.07) is 58.5. The summed E-state index contributed by atoms with van der Waals surface area (Å²) in [6.45, 7) is 1.79. The molecule has 1 fully saturated rings. The number of para-hydroxylation sites is 1. The average Bonchev–Trinajstić information content (AvgIpc) is 1.38. The molecule has 0 aliphatic heterocycles. The molecule has 0 amide bonds. The Morgan fingerprint density at radius 2 is 0.757 bits per heavy atom. The van der Waals surface area contributed by atoms with Gasteiger partial charge in [0.05, 0.1) is 34.6 Å². The molecule has 4 radical (unpaired) electrons. The molecular formula is C72H74F12Fe3N6O6P2S2. The van der Waals surface area contributed by atoms with Gasteiger partial charge in [-0.2, -0.15) is 64.1 Å². The van der Waals surface area contributed by atoms with Crippen molar-refractivity contribution in [2.75, 3.05) is 61.7 Å². The molecule has 0 saturated heterocycles. The van der Waals surface area contributed by atoms with Crippen LogP contribution >= 0.6 is 40.0 Å². The van der Waals surface area contributed by atoms with Crippen LogP contribution in [0.1, 0.15) is 38.5 Å². The van der Waals surface area contributed by atoms with Gasteiger partial charge in [0, 0.05) is 56.7 Å². The summed E-state index contributed by atoms with van der Waals surface area (Å²) < 4.78 is 141. The molecular weight excluding hydrogens is 1570 g/mol. The first-order chi connectivity index (χ1) is 47.2. The van der Waals surface area contributed by atoms with Crippen molar-refractivity contribution in [1.29, 1.82) is 0 Å². The van der Waals surface area contributed by atoms with Gasteiger partial charge in [-0.1, -0.05) is 105 Å². The maximum atomic E-state index is 12.0. The van der Waals surface area contributed by atoms with Crippen LogP contribution in [0.5, 0.6) is 23.0 Å². The van der Waals surface area contributed by atoms with Crippen molar-refractivity contribution in [3.63, 3.8) is 0 Å². The van der Waals surface area contributed by atoms with Crippen LogP contribution in [0.2, 0.25) is 0 Å². The summed E-state index contributed by atoms with van der Waals surface area (Å²) in [5.74, 6) is 4.65. The second kappa shape index (κ2) is 44.1. The summed E-state index contributed by atoms with van der Waals surface area (Å²) in [6.07, 6.45) is 32.0. The quantitative estimate of drug-likeness (QED) is 0.00614. The molecule has 7 aromatic carbocycles. The molecule has 558 valence electrons. The SMILES string of the molecule is CN(CCOC([O-])=C1C=CC=C1)c1ccc(N=Nc2ccc(Oc3ccc(SCCCCCCCCS)cc3)cc2)cc1.CN(CCOC([O-])=C1C=CC=C1)c1ccc(N=Nc2ccc(Oc3ccccc3)cc2)cc1.F[P-](F)(F)(F)(F)F.F[P-](F)(F)(F)(F)F.[CH]1[CH][CH][CH-][CH]1.[Fe+2].[Fe+2].[Fe+2].c1cc[cH-]c1. The van der Waals surface area contributed by atoms with Crippen molar-refractivity contribution in [3.05, 3.63) is 286 Å². The van der Waals surface area contributed by atoms with Crippen LogP contribution < -0.4 is 29.5 Å². The van der Waals surface area contributed by atoms with E-state index in [9.17, 15) is 60.6 Å². The molecule has 0 atom stereocenters. The number of allylic oxidation sites excluding steroid dienone is 10. The number of azo groups is 2. The van der Waals surface area contributed by atoms with Crippen molar-refractivity contribution in [3.8, 4) is 23.0 Å². The Hall–Kier alpha value is -7.01. The van der Waals surface area contributed by atoms with E-state index in [4.69, 9.17) is 18.9 Å². The van der Waals surface area contributed by atoms with E-state index in [0.717, 1.165) is 68.6 Å². The Kier molecular flexibility index (Phi) is 39.4. The predicted octanol–water partition coefficient (Wildman–Crippen LogP) is 24.6. The number of rotatable bonds is 27. The van der Waals surface area contributed by atoms with Crippen LogP contribution in [-0.2, 0) is 60.7 Å².